The first kappa shape index (κ1) is 38.6. The molecule has 0 aromatic carbocycles. The summed E-state index contributed by atoms with van der Waals surface area (Å²) in [4.78, 5) is 76.0. The molecule has 4 aliphatic rings. The summed E-state index contributed by atoms with van der Waals surface area (Å²) < 4.78 is 0. The van der Waals surface area contributed by atoms with E-state index in [0.717, 1.165) is 38.6 Å². The molecular formula is C38H62N6O5. The zero-order chi connectivity index (χ0) is 36.5. The molecule has 4 amide bonds. The van der Waals surface area contributed by atoms with Gasteiger partial charge in [-0.25, -0.2) is 0 Å². The lowest BCUT2D eigenvalue weighted by Gasteiger charge is -2.39. The van der Waals surface area contributed by atoms with E-state index in [1.165, 1.54) is 6.08 Å². The van der Waals surface area contributed by atoms with Crippen molar-refractivity contribution in [2.75, 3.05) is 26.2 Å². The average Bonchev–Trinajstić information content (AvgIpc) is 3.30. The quantitative estimate of drug-likeness (QED) is 0.117. The summed E-state index contributed by atoms with van der Waals surface area (Å²) in [5, 5.41) is 9.06. The number of aliphatic imine (C=N–C) groups is 1. The molecular weight excluding hydrogens is 620 g/mol. The number of ketones is 1. The maximum absolute atomic E-state index is 14.6. The summed E-state index contributed by atoms with van der Waals surface area (Å²) in [7, 11) is 0. The van der Waals surface area contributed by atoms with E-state index in [2.05, 4.69) is 57.1 Å². The van der Waals surface area contributed by atoms with Gasteiger partial charge in [-0.05, 0) is 60.2 Å². The Kier molecular flexibility index (Phi) is 11.8. The number of carbonyl (C=O) groups excluding carboxylic acids is 5. The summed E-state index contributed by atoms with van der Waals surface area (Å²) in [6.45, 7) is 23.9. The molecule has 2 saturated carbocycles. The van der Waals surface area contributed by atoms with Gasteiger partial charge in [-0.1, -0.05) is 80.7 Å². The number of hydrogen-bond donors (Lipinski definition) is 3. The molecule has 4 rings (SSSR count). The summed E-state index contributed by atoms with van der Waals surface area (Å²) >= 11 is 0. The van der Waals surface area contributed by atoms with Gasteiger partial charge in [0.25, 0.3) is 5.91 Å². The Bertz CT molecular complexity index is 1320. The Morgan fingerprint density at radius 1 is 1.02 bits per heavy atom. The van der Waals surface area contributed by atoms with E-state index in [1.807, 2.05) is 32.6 Å². The fourth-order valence-corrected chi connectivity index (χ4v) is 7.84. The van der Waals surface area contributed by atoms with Gasteiger partial charge < -0.3 is 25.8 Å². The molecule has 11 heteroatoms. The molecule has 3 N–H and O–H groups in total. The smallest absolute Gasteiger partial charge is 0.289 e. The predicted molar refractivity (Wildman–Crippen MR) is 192 cm³/mol. The highest BCUT2D eigenvalue weighted by Crippen LogP contribution is 2.65. The van der Waals surface area contributed by atoms with Crippen molar-refractivity contribution in [3.63, 3.8) is 0 Å². The lowest BCUT2D eigenvalue weighted by atomic mass is 9.80. The Morgan fingerprint density at radius 3 is 2.24 bits per heavy atom. The van der Waals surface area contributed by atoms with E-state index >= 15 is 0 Å². The van der Waals surface area contributed by atoms with Gasteiger partial charge in [-0.2, -0.15) is 0 Å². The highest BCUT2D eigenvalue weighted by molar-refractivity contribution is 6.38. The highest BCUT2D eigenvalue weighted by atomic mass is 16.2. The number of amides is 4. The van der Waals surface area contributed by atoms with E-state index in [4.69, 9.17) is 4.99 Å². The van der Waals surface area contributed by atoms with Crippen LogP contribution in [-0.4, -0.2) is 95.4 Å². The molecule has 1 unspecified atom stereocenters. The maximum Gasteiger partial charge on any atom is 0.289 e. The molecule has 4 fully saturated rings. The van der Waals surface area contributed by atoms with E-state index in [0.29, 0.717) is 31.8 Å². The van der Waals surface area contributed by atoms with Crippen LogP contribution in [0.2, 0.25) is 0 Å². The average molecular weight is 683 g/mol. The Labute approximate surface area is 293 Å². The van der Waals surface area contributed by atoms with Gasteiger partial charge in [-0.15, -0.1) is 6.58 Å². The number of amidine groups is 1. The van der Waals surface area contributed by atoms with Crippen molar-refractivity contribution in [3.05, 3.63) is 12.7 Å². The van der Waals surface area contributed by atoms with Crippen molar-refractivity contribution < 1.29 is 24.0 Å². The minimum atomic E-state index is -0.954. The molecule has 0 radical (unpaired) electrons. The van der Waals surface area contributed by atoms with Crippen molar-refractivity contribution in [1.29, 1.82) is 0 Å². The molecule has 11 nitrogen and oxygen atoms in total. The third-order valence-corrected chi connectivity index (χ3v) is 11.4. The number of Topliss-reactive ketones (excluding diaryl/α,β-unsaturated/α-hetero) is 1. The fourth-order valence-electron chi connectivity index (χ4n) is 7.84. The number of rotatable bonds is 13. The standard InChI is InChI=1S/C38H62N6O5/c1-11-18-39-34(48)31(46)26(20-24-15-14-16-24)42-33(47)30-29-25(38(29,9)10)21-44(30)35(49)32(37(6,7)8)41-23(2)40-27(36(3,4)5)22-43-19-13-12-17-28(43)45/h11,24-27,29-30,32H,1,12-22H2,2-10H3,(H,39,48)(H,40,41)(H,42,47)/t25-,26?,27+,29-,30-,32+/m0/s1. The van der Waals surface area contributed by atoms with Gasteiger partial charge >= 0.3 is 0 Å². The van der Waals surface area contributed by atoms with Crippen LogP contribution < -0.4 is 16.0 Å². The van der Waals surface area contributed by atoms with Gasteiger partial charge in [0.2, 0.25) is 23.5 Å². The molecule has 49 heavy (non-hydrogen) atoms. The number of hydrogen-bond acceptors (Lipinski definition) is 6. The monoisotopic (exact) mass is 682 g/mol. The molecule has 6 atom stereocenters. The minimum absolute atomic E-state index is 0.0540. The van der Waals surface area contributed by atoms with Gasteiger partial charge in [0.1, 0.15) is 12.1 Å². The molecule has 0 aromatic heterocycles. The minimum Gasteiger partial charge on any atom is -0.369 e. The number of nitrogens with one attached hydrogen (secondary N) is 3. The molecule has 2 aliphatic carbocycles. The normalized spacial score (nSPS) is 25.8. The van der Waals surface area contributed by atoms with Gasteiger partial charge in [0.05, 0.1) is 11.9 Å². The molecule has 274 valence electrons. The Hall–Kier alpha value is -3.24. The first-order valence-corrected chi connectivity index (χ1v) is 18.4. The number of likely N-dealkylation sites (tertiary alicyclic amines) is 2. The second-order valence-electron chi connectivity index (χ2n) is 17.7. The largest absolute Gasteiger partial charge is 0.369 e. The van der Waals surface area contributed by atoms with Crippen molar-refractivity contribution in [2.24, 2.45) is 39.0 Å². The third-order valence-electron chi connectivity index (χ3n) is 11.4. The van der Waals surface area contributed by atoms with Crippen molar-refractivity contribution in [2.45, 2.75) is 131 Å². The number of fused-ring (bicyclic) bond motifs is 1. The Balaban J connectivity index is 1.56. The van der Waals surface area contributed by atoms with Crippen molar-refractivity contribution in [3.8, 4) is 0 Å². The SMILES string of the molecule is C=CCNC(=O)C(=O)C(CC1CCC1)NC(=O)[C@@H]1[C@@H]2[C@H](CN1C(=O)[C@@H](N=C(C)N[C@H](CN1CCCCC1=O)C(C)(C)C)C(C)(C)C)C2(C)C. The fraction of sp³-hybridized carbons (Fsp3) is 0.789. The lowest BCUT2D eigenvalue weighted by Crippen LogP contribution is -2.58. The van der Waals surface area contributed by atoms with Crippen LogP contribution in [0.25, 0.3) is 0 Å². The number of piperidine rings is 2. The highest BCUT2D eigenvalue weighted by Gasteiger charge is 2.70. The molecule has 0 bridgehead atoms. The molecule has 2 aliphatic heterocycles. The molecule has 0 aromatic rings. The zero-order valence-electron chi connectivity index (χ0n) is 31.5. The second kappa shape index (κ2) is 14.9. The lowest BCUT2D eigenvalue weighted by molar-refractivity contribution is -0.145. The number of nitrogens with zero attached hydrogens (tertiary/aromatic N) is 3. The second-order valence-corrected chi connectivity index (χ2v) is 17.7. The molecule has 2 saturated heterocycles. The van der Waals surface area contributed by atoms with E-state index in [-0.39, 0.29) is 58.9 Å². The van der Waals surface area contributed by atoms with E-state index in [1.54, 1.807) is 4.90 Å². The van der Waals surface area contributed by atoms with Gasteiger partial charge in [-0.3, -0.25) is 29.0 Å². The van der Waals surface area contributed by atoms with E-state index < -0.39 is 35.2 Å². The summed E-state index contributed by atoms with van der Waals surface area (Å²) in [5.74, 6) is -0.852. The van der Waals surface area contributed by atoms with Crippen LogP contribution in [0, 0.1) is 34.0 Å². The topological polar surface area (TPSA) is 140 Å². The number of carbonyl (C=O) groups is 5. The molecule has 0 spiro atoms. The van der Waals surface area contributed by atoms with Crippen LogP contribution in [0.1, 0.15) is 107 Å². The van der Waals surface area contributed by atoms with Crippen LogP contribution in [0.4, 0.5) is 0 Å². The summed E-state index contributed by atoms with van der Waals surface area (Å²) in [6, 6.07) is -2.57. The predicted octanol–water partition coefficient (Wildman–Crippen LogP) is 3.87. The third kappa shape index (κ3) is 8.92. The van der Waals surface area contributed by atoms with E-state index in [9.17, 15) is 24.0 Å². The van der Waals surface area contributed by atoms with Gasteiger partial charge in [0, 0.05) is 38.6 Å². The van der Waals surface area contributed by atoms with Crippen LogP contribution in [0.5, 0.6) is 0 Å². The van der Waals surface area contributed by atoms with Crippen molar-refractivity contribution >= 4 is 35.2 Å². The van der Waals surface area contributed by atoms with Gasteiger partial charge in [0.15, 0.2) is 0 Å². The first-order chi connectivity index (χ1) is 22.8. The zero-order valence-corrected chi connectivity index (χ0v) is 31.5. The summed E-state index contributed by atoms with van der Waals surface area (Å²) in [5.41, 5.74) is -0.871. The van der Waals surface area contributed by atoms with Crippen LogP contribution in [0.3, 0.4) is 0 Å². The van der Waals surface area contributed by atoms with Crippen LogP contribution in [0.15, 0.2) is 17.6 Å². The van der Waals surface area contributed by atoms with Crippen LogP contribution >= 0.6 is 0 Å². The van der Waals surface area contributed by atoms with Crippen LogP contribution in [-0.2, 0) is 24.0 Å². The maximum atomic E-state index is 14.6. The first-order valence-electron chi connectivity index (χ1n) is 18.4. The Morgan fingerprint density at radius 2 is 1.69 bits per heavy atom. The molecule has 2 heterocycles. The summed E-state index contributed by atoms with van der Waals surface area (Å²) in [6.07, 6.45) is 7.40. The van der Waals surface area contributed by atoms with Crippen molar-refractivity contribution in [1.82, 2.24) is 25.8 Å².